The molecule has 0 fully saturated rings. The van der Waals surface area contributed by atoms with Crippen molar-refractivity contribution < 1.29 is 5.11 Å². The summed E-state index contributed by atoms with van der Waals surface area (Å²) in [5.74, 6) is -0.286. The number of rotatable bonds is 0. The minimum Gasteiger partial charge on any atom is -0.503 e. The smallest absolute Gasteiger partial charge is 0.290 e. The van der Waals surface area contributed by atoms with Gasteiger partial charge in [-0.3, -0.25) is 9.48 Å². The highest BCUT2D eigenvalue weighted by Crippen LogP contribution is 2.11. The van der Waals surface area contributed by atoms with Gasteiger partial charge < -0.3 is 10.1 Å². The molecule has 2 heterocycles. The van der Waals surface area contributed by atoms with E-state index in [1.807, 2.05) is 0 Å². The lowest BCUT2D eigenvalue weighted by Gasteiger charge is -1.93. The number of hydrogen-bond donors (Lipinski definition) is 2. The van der Waals surface area contributed by atoms with E-state index in [9.17, 15) is 4.79 Å². The number of nitrogens with one attached hydrogen (secondary N) is 1. The van der Waals surface area contributed by atoms with E-state index in [0.717, 1.165) is 0 Å². The fourth-order valence-electron chi connectivity index (χ4n) is 1.10. The van der Waals surface area contributed by atoms with Crippen LogP contribution in [0, 0.1) is 0 Å². The van der Waals surface area contributed by atoms with Gasteiger partial charge >= 0.3 is 0 Å². The van der Waals surface area contributed by atoms with Crippen LogP contribution in [0.4, 0.5) is 0 Å². The number of H-pyrrole nitrogens is 1. The summed E-state index contributed by atoms with van der Waals surface area (Å²) in [6.07, 6.45) is 1.54. The molecule has 12 heavy (non-hydrogen) atoms. The Bertz CT molecular complexity index is 483. The highest BCUT2D eigenvalue weighted by molar-refractivity contribution is 5.74. The van der Waals surface area contributed by atoms with Gasteiger partial charge in [-0.1, -0.05) is 0 Å². The molecule has 2 N–H and O–H groups in total. The fourth-order valence-corrected chi connectivity index (χ4v) is 1.10. The molecule has 62 valence electrons. The minimum absolute atomic E-state index is 0.286. The van der Waals surface area contributed by atoms with Crippen LogP contribution in [0.1, 0.15) is 0 Å². The normalized spacial score (nSPS) is 10.8. The number of nitrogens with zero attached hydrogens (tertiary/aromatic N) is 2. The van der Waals surface area contributed by atoms with E-state index >= 15 is 0 Å². The summed E-state index contributed by atoms with van der Waals surface area (Å²) in [5.41, 5.74) is 0.836. The van der Waals surface area contributed by atoms with Crippen molar-refractivity contribution in [3.05, 3.63) is 22.6 Å². The molecule has 0 aliphatic carbocycles. The third kappa shape index (κ3) is 0.795. The van der Waals surface area contributed by atoms with E-state index in [1.54, 1.807) is 11.7 Å². The van der Waals surface area contributed by atoms with E-state index < -0.39 is 5.56 Å². The second-order valence-corrected chi connectivity index (χ2v) is 2.55. The average Bonchev–Trinajstić information content (AvgIpc) is 2.35. The summed E-state index contributed by atoms with van der Waals surface area (Å²) in [5, 5.41) is 13.0. The molecule has 0 atom stereocenters. The SMILES string of the molecule is Cn1ncc2[nH]c(=O)c(O)cc21. The van der Waals surface area contributed by atoms with Crippen LogP contribution in [-0.2, 0) is 7.05 Å². The topological polar surface area (TPSA) is 70.9 Å². The predicted octanol–water partition coefficient (Wildman–Crippen LogP) is -0.0328. The molecule has 0 radical (unpaired) electrons. The van der Waals surface area contributed by atoms with Gasteiger partial charge in [0.2, 0.25) is 0 Å². The van der Waals surface area contributed by atoms with Crippen LogP contribution < -0.4 is 5.56 Å². The summed E-state index contributed by atoms with van der Waals surface area (Å²) < 4.78 is 1.57. The van der Waals surface area contributed by atoms with Crippen molar-refractivity contribution in [2.45, 2.75) is 0 Å². The summed E-state index contributed by atoms with van der Waals surface area (Å²) in [7, 11) is 1.74. The Morgan fingerprint density at radius 2 is 2.42 bits per heavy atom. The average molecular weight is 165 g/mol. The van der Waals surface area contributed by atoms with Crippen LogP contribution in [-0.4, -0.2) is 19.9 Å². The number of hydrogen-bond acceptors (Lipinski definition) is 3. The summed E-state index contributed by atoms with van der Waals surface area (Å²) in [6, 6.07) is 1.39. The molecule has 0 bridgehead atoms. The number of aromatic nitrogens is 3. The maximum Gasteiger partial charge on any atom is 0.290 e. The standard InChI is InChI=1S/C7H7N3O2/c1-10-5-2-6(11)7(12)9-4(5)3-8-10/h2-3,11H,1H3,(H,9,12). The van der Waals surface area contributed by atoms with E-state index in [-0.39, 0.29) is 5.75 Å². The third-order valence-electron chi connectivity index (χ3n) is 1.74. The van der Waals surface area contributed by atoms with Crippen molar-refractivity contribution in [3.63, 3.8) is 0 Å². The molecule has 0 aromatic carbocycles. The lowest BCUT2D eigenvalue weighted by atomic mass is 10.4. The molecule has 2 aromatic rings. The Morgan fingerprint density at radius 1 is 1.67 bits per heavy atom. The molecule has 5 nitrogen and oxygen atoms in total. The zero-order valence-electron chi connectivity index (χ0n) is 6.40. The highest BCUT2D eigenvalue weighted by atomic mass is 16.3. The molecule has 0 saturated carbocycles. The number of aryl methyl sites for hydroxylation is 1. The van der Waals surface area contributed by atoms with Crippen LogP contribution in [0.15, 0.2) is 17.1 Å². The molecule has 0 amide bonds. The van der Waals surface area contributed by atoms with Crippen molar-refractivity contribution in [1.29, 1.82) is 0 Å². The third-order valence-corrected chi connectivity index (χ3v) is 1.74. The van der Waals surface area contributed by atoms with E-state index in [1.165, 1.54) is 12.3 Å². The van der Waals surface area contributed by atoms with Gasteiger partial charge in [-0.25, -0.2) is 0 Å². The maximum atomic E-state index is 10.9. The van der Waals surface area contributed by atoms with Crippen LogP contribution in [0.5, 0.6) is 5.75 Å². The van der Waals surface area contributed by atoms with E-state index in [2.05, 4.69) is 10.1 Å². The molecule has 2 aromatic heterocycles. The minimum atomic E-state index is -0.490. The van der Waals surface area contributed by atoms with Gasteiger partial charge in [0.25, 0.3) is 5.56 Å². The monoisotopic (exact) mass is 165 g/mol. The summed E-state index contributed by atoms with van der Waals surface area (Å²) in [6.45, 7) is 0. The highest BCUT2D eigenvalue weighted by Gasteiger charge is 2.03. The zero-order valence-corrected chi connectivity index (χ0v) is 6.40. The Hall–Kier alpha value is -1.78. The van der Waals surface area contributed by atoms with Gasteiger partial charge in [0.1, 0.15) is 0 Å². The first-order valence-electron chi connectivity index (χ1n) is 3.42. The number of pyridine rings is 1. The molecule has 0 unspecified atom stereocenters. The Labute approximate surface area is 67.3 Å². The van der Waals surface area contributed by atoms with Gasteiger partial charge in [0.05, 0.1) is 17.2 Å². The van der Waals surface area contributed by atoms with Crippen LogP contribution in [0.3, 0.4) is 0 Å². The van der Waals surface area contributed by atoms with Crippen LogP contribution >= 0.6 is 0 Å². The lowest BCUT2D eigenvalue weighted by molar-refractivity contribution is 0.467. The van der Waals surface area contributed by atoms with E-state index in [0.29, 0.717) is 11.0 Å². The Balaban J connectivity index is 2.97. The van der Waals surface area contributed by atoms with Crippen molar-refractivity contribution in [3.8, 4) is 5.75 Å². The number of fused-ring (bicyclic) bond motifs is 1. The van der Waals surface area contributed by atoms with Gasteiger partial charge in [-0.15, -0.1) is 0 Å². The summed E-state index contributed by atoms with van der Waals surface area (Å²) >= 11 is 0. The summed E-state index contributed by atoms with van der Waals surface area (Å²) in [4.78, 5) is 13.4. The van der Waals surface area contributed by atoms with Gasteiger partial charge in [-0.2, -0.15) is 5.10 Å². The van der Waals surface area contributed by atoms with Crippen LogP contribution in [0.25, 0.3) is 11.0 Å². The lowest BCUT2D eigenvalue weighted by Crippen LogP contribution is -2.04. The second-order valence-electron chi connectivity index (χ2n) is 2.55. The Morgan fingerprint density at radius 3 is 3.17 bits per heavy atom. The molecule has 0 spiro atoms. The van der Waals surface area contributed by atoms with Crippen LogP contribution in [0.2, 0.25) is 0 Å². The first-order chi connectivity index (χ1) is 5.68. The quantitative estimate of drug-likeness (QED) is 0.575. The molecule has 0 saturated heterocycles. The molecule has 5 heteroatoms. The number of aromatic amines is 1. The largest absolute Gasteiger partial charge is 0.503 e. The fraction of sp³-hybridized carbons (Fsp3) is 0.143. The molecule has 0 aliphatic heterocycles. The Kier molecular flexibility index (Phi) is 1.21. The zero-order chi connectivity index (χ0) is 8.72. The van der Waals surface area contributed by atoms with Gasteiger partial charge in [-0.05, 0) is 0 Å². The van der Waals surface area contributed by atoms with Crippen molar-refractivity contribution in [1.82, 2.24) is 14.8 Å². The van der Waals surface area contributed by atoms with Gasteiger partial charge in [0, 0.05) is 13.1 Å². The van der Waals surface area contributed by atoms with Crippen molar-refractivity contribution in [2.24, 2.45) is 7.05 Å². The molecular formula is C7H7N3O2. The van der Waals surface area contributed by atoms with Gasteiger partial charge in [0.15, 0.2) is 5.75 Å². The molecule has 2 rings (SSSR count). The first-order valence-corrected chi connectivity index (χ1v) is 3.42. The van der Waals surface area contributed by atoms with Crippen molar-refractivity contribution >= 4 is 11.0 Å². The van der Waals surface area contributed by atoms with Crippen molar-refractivity contribution in [2.75, 3.05) is 0 Å². The first kappa shape index (κ1) is 6.90. The number of aromatic hydroxyl groups is 1. The maximum absolute atomic E-state index is 10.9. The second kappa shape index (κ2) is 2.10. The molecule has 0 aliphatic rings. The molecular weight excluding hydrogens is 158 g/mol. The van der Waals surface area contributed by atoms with E-state index in [4.69, 9.17) is 5.11 Å². The predicted molar refractivity (Wildman–Crippen MR) is 43.0 cm³/mol.